The van der Waals surface area contributed by atoms with Crippen molar-refractivity contribution in [3.63, 3.8) is 0 Å². The molecule has 2 rings (SSSR count). The lowest BCUT2D eigenvalue weighted by Crippen LogP contribution is -2.07. The number of hydrogen-bond acceptors (Lipinski definition) is 3. The van der Waals surface area contributed by atoms with Crippen molar-refractivity contribution in [3.05, 3.63) is 35.3 Å². The number of benzene rings is 1. The van der Waals surface area contributed by atoms with E-state index in [0.717, 1.165) is 15.8 Å². The highest BCUT2D eigenvalue weighted by Crippen LogP contribution is 2.19. The summed E-state index contributed by atoms with van der Waals surface area (Å²) in [6.45, 7) is 0. The Morgan fingerprint density at radius 3 is 3.20 bits per heavy atom. The van der Waals surface area contributed by atoms with E-state index in [1.807, 2.05) is 29.8 Å². The maximum atomic E-state index is 10.5. The lowest BCUT2D eigenvalue weighted by atomic mass is 10.2. The van der Waals surface area contributed by atoms with E-state index in [1.165, 1.54) is 0 Å². The van der Waals surface area contributed by atoms with Crippen LogP contribution in [0.15, 0.2) is 29.8 Å². The summed E-state index contributed by atoms with van der Waals surface area (Å²) in [5, 5.41) is 0. The first-order chi connectivity index (χ1) is 7.25. The molecule has 0 unspecified atom stereocenters. The SMILES string of the molecule is NC(=O)CC=Cc1ccc2ncsc2c1. The average molecular weight is 218 g/mol. The number of amides is 1. The van der Waals surface area contributed by atoms with Gasteiger partial charge < -0.3 is 5.73 Å². The predicted molar refractivity (Wildman–Crippen MR) is 62.5 cm³/mol. The molecule has 0 radical (unpaired) electrons. The Hall–Kier alpha value is -1.68. The molecule has 1 heterocycles. The lowest BCUT2D eigenvalue weighted by Gasteiger charge is -1.92. The van der Waals surface area contributed by atoms with Crippen LogP contribution in [0.5, 0.6) is 0 Å². The molecule has 76 valence electrons. The monoisotopic (exact) mass is 218 g/mol. The fraction of sp³-hybridized carbons (Fsp3) is 0.0909. The summed E-state index contributed by atoms with van der Waals surface area (Å²) in [7, 11) is 0. The minimum Gasteiger partial charge on any atom is -0.369 e. The van der Waals surface area contributed by atoms with Gasteiger partial charge in [0.1, 0.15) is 0 Å². The van der Waals surface area contributed by atoms with E-state index in [1.54, 1.807) is 17.4 Å². The van der Waals surface area contributed by atoms with Gasteiger partial charge in [0.25, 0.3) is 0 Å². The van der Waals surface area contributed by atoms with E-state index in [9.17, 15) is 4.79 Å². The summed E-state index contributed by atoms with van der Waals surface area (Å²) < 4.78 is 1.15. The van der Waals surface area contributed by atoms with Crippen LogP contribution in [0.1, 0.15) is 12.0 Å². The van der Waals surface area contributed by atoms with Gasteiger partial charge in [-0.15, -0.1) is 11.3 Å². The quantitative estimate of drug-likeness (QED) is 0.858. The highest BCUT2D eigenvalue weighted by Gasteiger charge is 1.96. The molecule has 0 bridgehead atoms. The number of aromatic nitrogens is 1. The molecular formula is C11H10N2OS. The summed E-state index contributed by atoms with van der Waals surface area (Å²) in [5.41, 5.74) is 8.92. The van der Waals surface area contributed by atoms with Crippen molar-refractivity contribution in [2.45, 2.75) is 6.42 Å². The van der Waals surface area contributed by atoms with Crippen molar-refractivity contribution in [1.82, 2.24) is 4.98 Å². The van der Waals surface area contributed by atoms with Crippen molar-refractivity contribution >= 4 is 33.5 Å². The number of primary amides is 1. The molecule has 1 aromatic heterocycles. The molecule has 3 nitrogen and oxygen atoms in total. The molecule has 4 heteroatoms. The van der Waals surface area contributed by atoms with Crippen LogP contribution >= 0.6 is 11.3 Å². The molecule has 0 fully saturated rings. The summed E-state index contributed by atoms with van der Waals surface area (Å²) in [5.74, 6) is -0.315. The molecule has 0 aliphatic heterocycles. The molecule has 2 N–H and O–H groups in total. The van der Waals surface area contributed by atoms with E-state index < -0.39 is 0 Å². The van der Waals surface area contributed by atoms with Crippen molar-refractivity contribution in [2.24, 2.45) is 5.73 Å². The molecule has 0 aliphatic carbocycles. The molecule has 2 aromatic rings. The van der Waals surface area contributed by atoms with Gasteiger partial charge in [0, 0.05) is 6.42 Å². The van der Waals surface area contributed by atoms with Gasteiger partial charge in [0.2, 0.25) is 5.91 Å². The number of carbonyl (C=O) groups excluding carboxylic acids is 1. The van der Waals surface area contributed by atoms with E-state index in [-0.39, 0.29) is 12.3 Å². The van der Waals surface area contributed by atoms with E-state index in [4.69, 9.17) is 5.73 Å². The molecule has 1 amide bonds. The molecule has 1 aromatic carbocycles. The molecule has 0 atom stereocenters. The van der Waals surface area contributed by atoms with Crippen molar-refractivity contribution in [1.29, 1.82) is 0 Å². The fourth-order valence-electron chi connectivity index (χ4n) is 1.29. The second-order valence-electron chi connectivity index (χ2n) is 3.15. The molecule has 0 saturated carbocycles. The maximum absolute atomic E-state index is 10.5. The van der Waals surface area contributed by atoms with Crippen LogP contribution in [-0.2, 0) is 4.79 Å². The largest absolute Gasteiger partial charge is 0.369 e. The third-order valence-electron chi connectivity index (χ3n) is 1.98. The summed E-state index contributed by atoms with van der Waals surface area (Å²) >= 11 is 1.60. The highest BCUT2D eigenvalue weighted by molar-refractivity contribution is 7.16. The van der Waals surface area contributed by atoms with Crippen LogP contribution in [0, 0.1) is 0 Å². The Morgan fingerprint density at radius 2 is 2.40 bits per heavy atom. The van der Waals surface area contributed by atoms with Crippen molar-refractivity contribution < 1.29 is 4.79 Å². The number of thiazole rings is 1. The molecule has 15 heavy (non-hydrogen) atoms. The number of nitrogens with two attached hydrogens (primary N) is 1. The Kier molecular flexibility index (Phi) is 2.78. The van der Waals surface area contributed by atoms with Crippen LogP contribution in [0.25, 0.3) is 16.3 Å². The van der Waals surface area contributed by atoms with Gasteiger partial charge in [-0.1, -0.05) is 18.2 Å². The van der Waals surface area contributed by atoms with Crippen LogP contribution in [-0.4, -0.2) is 10.9 Å². The molecule has 0 saturated heterocycles. The van der Waals surface area contributed by atoms with Crippen LogP contribution in [0.4, 0.5) is 0 Å². The van der Waals surface area contributed by atoms with Gasteiger partial charge in [-0.05, 0) is 17.7 Å². The number of fused-ring (bicyclic) bond motifs is 1. The third kappa shape index (κ3) is 2.41. The Bertz CT molecular complexity index is 516. The van der Waals surface area contributed by atoms with E-state index in [0.29, 0.717) is 0 Å². The average Bonchev–Trinajstić information content (AvgIpc) is 2.64. The minimum absolute atomic E-state index is 0.278. The molecule has 0 spiro atoms. The number of rotatable bonds is 3. The minimum atomic E-state index is -0.315. The Morgan fingerprint density at radius 1 is 1.53 bits per heavy atom. The zero-order valence-corrected chi connectivity index (χ0v) is 8.83. The first-order valence-corrected chi connectivity index (χ1v) is 5.42. The number of hydrogen-bond donors (Lipinski definition) is 1. The zero-order chi connectivity index (χ0) is 10.7. The van der Waals surface area contributed by atoms with Crippen molar-refractivity contribution in [2.75, 3.05) is 0 Å². The van der Waals surface area contributed by atoms with Gasteiger partial charge in [0.15, 0.2) is 0 Å². The summed E-state index contributed by atoms with van der Waals surface area (Å²) in [4.78, 5) is 14.7. The normalized spacial score (nSPS) is 11.2. The first kappa shape index (κ1) is 9.86. The first-order valence-electron chi connectivity index (χ1n) is 4.54. The second-order valence-corrected chi connectivity index (χ2v) is 4.04. The molecule has 0 aliphatic rings. The number of carbonyl (C=O) groups is 1. The van der Waals surface area contributed by atoms with E-state index in [2.05, 4.69) is 4.98 Å². The predicted octanol–water partition coefficient (Wildman–Crippen LogP) is 2.18. The smallest absolute Gasteiger partial charge is 0.221 e. The van der Waals surface area contributed by atoms with Crippen LogP contribution < -0.4 is 5.73 Å². The standard InChI is InChI=1S/C11H10N2OS/c12-11(14)3-1-2-8-4-5-9-10(6-8)15-7-13-9/h1-2,4-7H,3H2,(H2,12,14). The summed E-state index contributed by atoms with van der Waals surface area (Å²) in [6.07, 6.45) is 3.94. The van der Waals surface area contributed by atoms with Crippen LogP contribution in [0.2, 0.25) is 0 Å². The molecular weight excluding hydrogens is 208 g/mol. The fourth-order valence-corrected chi connectivity index (χ4v) is 2.01. The third-order valence-corrected chi connectivity index (χ3v) is 2.78. The lowest BCUT2D eigenvalue weighted by molar-refractivity contribution is -0.117. The van der Waals surface area contributed by atoms with Gasteiger partial charge >= 0.3 is 0 Å². The zero-order valence-electron chi connectivity index (χ0n) is 8.01. The van der Waals surface area contributed by atoms with Gasteiger partial charge in [-0.2, -0.15) is 0 Å². The number of nitrogens with zero attached hydrogens (tertiary/aromatic N) is 1. The topological polar surface area (TPSA) is 56.0 Å². The Labute approximate surface area is 91.2 Å². The Balaban J connectivity index is 2.21. The van der Waals surface area contributed by atoms with Gasteiger partial charge in [-0.25, -0.2) is 4.98 Å². The van der Waals surface area contributed by atoms with Crippen molar-refractivity contribution in [3.8, 4) is 0 Å². The maximum Gasteiger partial charge on any atom is 0.221 e. The van der Waals surface area contributed by atoms with Gasteiger partial charge in [0.05, 0.1) is 15.7 Å². The summed E-state index contributed by atoms with van der Waals surface area (Å²) in [6, 6.07) is 5.99. The highest BCUT2D eigenvalue weighted by atomic mass is 32.1. The van der Waals surface area contributed by atoms with Crippen LogP contribution in [0.3, 0.4) is 0 Å². The van der Waals surface area contributed by atoms with Gasteiger partial charge in [-0.3, -0.25) is 4.79 Å². The van der Waals surface area contributed by atoms with E-state index >= 15 is 0 Å². The second kappa shape index (κ2) is 4.23.